The van der Waals surface area contributed by atoms with Crippen LogP contribution in [0.15, 0.2) is 0 Å². The molecule has 17 heavy (non-hydrogen) atoms. The van der Waals surface area contributed by atoms with Crippen molar-refractivity contribution >= 4 is 5.91 Å². The molecule has 0 aromatic carbocycles. The van der Waals surface area contributed by atoms with Gasteiger partial charge in [-0.05, 0) is 25.8 Å². The van der Waals surface area contributed by atoms with Gasteiger partial charge in [-0.15, -0.1) is 0 Å². The van der Waals surface area contributed by atoms with Gasteiger partial charge in [0, 0.05) is 19.1 Å². The highest BCUT2D eigenvalue weighted by atomic mass is 16.2. The van der Waals surface area contributed by atoms with Gasteiger partial charge in [0.2, 0.25) is 5.91 Å². The zero-order valence-electron chi connectivity index (χ0n) is 11.8. The lowest BCUT2D eigenvalue weighted by Crippen LogP contribution is -2.44. The molecule has 0 saturated heterocycles. The lowest BCUT2D eigenvalue weighted by Gasteiger charge is -2.23. The molecule has 0 aromatic rings. The van der Waals surface area contributed by atoms with Crippen molar-refractivity contribution in [2.45, 2.75) is 46.6 Å². The minimum Gasteiger partial charge on any atom is -0.352 e. The van der Waals surface area contributed by atoms with Gasteiger partial charge in [-0.1, -0.05) is 27.2 Å². The second-order valence-electron chi connectivity index (χ2n) is 5.02. The third-order valence-corrected chi connectivity index (χ3v) is 3.03. The summed E-state index contributed by atoms with van der Waals surface area (Å²) in [5.74, 6) is 0.577. The maximum Gasteiger partial charge on any atom is 0.234 e. The average molecular weight is 243 g/mol. The van der Waals surface area contributed by atoms with E-state index in [0.29, 0.717) is 19.0 Å². The molecule has 0 spiro atoms. The summed E-state index contributed by atoms with van der Waals surface area (Å²) in [5.41, 5.74) is 5.55. The number of hydrogen-bond donors (Lipinski definition) is 2. The predicted molar refractivity (Wildman–Crippen MR) is 72.8 cm³/mol. The number of carbonyl (C=O) groups excluding carboxylic acids is 1. The van der Waals surface area contributed by atoms with E-state index in [1.54, 1.807) is 0 Å². The van der Waals surface area contributed by atoms with Crippen molar-refractivity contribution in [1.29, 1.82) is 0 Å². The Morgan fingerprint density at radius 3 is 2.41 bits per heavy atom. The molecule has 0 radical (unpaired) electrons. The van der Waals surface area contributed by atoms with Gasteiger partial charge in [0.25, 0.3) is 0 Å². The number of carbonyl (C=O) groups is 1. The molecular weight excluding hydrogens is 214 g/mol. The van der Waals surface area contributed by atoms with Gasteiger partial charge in [-0.3, -0.25) is 9.69 Å². The molecule has 1 atom stereocenters. The normalized spacial score (nSPS) is 13.1. The van der Waals surface area contributed by atoms with Crippen LogP contribution in [0.1, 0.15) is 40.5 Å². The number of rotatable bonds is 9. The minimum absolute atomic E-state index is 0.107. The molecule has 0 aliphatic carbocycles. The summed E-state index contributed by atoms with van der Waals surface area (Å²) in [5, 5.41) is 3.02. The van der Waals surface area contributed by atoms with Gasteiger partial charge in [0.1, 0.15) is 0 Å². The molecule has 0 aliphatic rings. The van der Waals surface area contributed by atoms with Crippen molar-refractivity contribution in [3.8, 4) is 0 Å². The van der Waals surface area contributed by atoms with Gasteiger partial charge < -0.3 is 11.1 Å². The first-order valence-electron chi connectivity index (χ1n) is 6.73. The maximum atomic E-state index is 11.8. The topological polar surface area (TPSA) is 58.4 Å². The van der Waals surface area contributed by atoms with Crippen LogP contribution in [-0.2, 0) is 4.79 Å². The Kier molecular flexibility index (Phi) is 9.09. The Balaban J connectivity index is 4.02. The molecule has 4 heteroatoms. The van der Waals surface area contributed by atoms with Crippen LogP contribution in [0, 0.1) is 5.92 Å². The minimum atomic E-state index is 0.107. The fourth-order valence-electron chi connectivity index (χ4n) is 1.50. The molecule has 4 nitrogen and oxygen atoms in total. The number of amides is 1. The average Bonchev–Trinajstić information content (AvgIpc) is 2.25. The third kappa shape index (κ3) is 8.16. The highest BCUT2D eigenvalue weighted by Crippen LogP contribution is 2.00. The molecule has 1 amide bonds. The van der Waals surface area contributed by atoms with Crippen molar-refractivity contribution in [3.63, 3.8) is 0 Å². The van der Waals surface area contributed by atoms with Gasteiger partial charge in [0.15, 0.2) is 0 Å². The molecule has 0 bridgehead atoms. The maximum absolute atomic E-state index is 11.8. The second-order valence-corrected chi connectivity index (χ2v) is 5.02. The quantitative estimate of drug-likeness (QED) is 0.640. The summed E-state index contributed by atoms with van der Waals surface area (Å²) < 4.78 is 0. The van der Waals surface area contributed by atoms with Crippen molar-refractivity contribution in [1.82, 2.24) is 10.2 Å². The van der Waals surface area contributed by atoms with E-state index in [4.69, 9.17) is 5.73 Å². The molecule has 0 rings (SSSR count). The van der Waals surface area contributed by atoms with E-state index in [-0.39, 0.29) is 11.9 Å². The van der Waals surface area contributed by atoms with E-state index in [0.717, 1.165) is 25.9 Å². The predicted octanol–water partition coefficient (Wildman–Crippen LogP) is 1.21. The van der Waals surface area contributed by atoms with E-state index < -0.39 is 0 Å². The van der Waals surface area contributed by atoms with Crippen LogP contribution in [0.3, 0.4) is 0 Å². The lowest BCUT2D eigenvalue weighted by molar-refractivity contribution is -0.123. The first-order chi connectivity index (χ1) is 8.01. The largest absolute Gasteiger partial charge is 0.352 e. The number of hydrogen-bond acceptors (Lipinski definition) is 3. The molecule has 0 saturated carbocycles. The highest BCUT2D eigenvalue weighted by Gasteiger charge is 2.13. The van der Waals surface area contributed by atoms with Crippen molar-refractivity contribution in [2.75, 3.05) is 26.2 Å². The summed E-state index contributed by atoms with van der Waals surface area (Å²) >= 11 is 0. The number of unbranched alkanes of at least 4 members (excludes halogenated alkanes) is 1. The van der Waals surface area contributed by atoms with Crippen molar-refractivity contribution in [3.05, 3.63) is 0 Å². The fraction of sp³-hybridized carbons (Fsp3) is 0.923. The molecule has 1 unspecified atom stereocenters. The van der Waals surface area contributed by atoms with E-state index in [1.807, 2.05) is 6.92 Å². The monoisotopic (exact) mass is 243 g/mol. The number of nitrogens with zero attached hydrogens (tertiary/aromatic N) is 1. The number of nitrogens with one attached hydrogen (secondary N) is 1. The van der Waals surface area contributed by atoms with Crippen LogP contribution in [0.2, 0.25) is 0 Å². The zero-order valence-corrected chi connectivity index (χ0v) is 11.8. The van der Waals surface area contributed by atoms with Crippen LogP contribution in [0.4, 0.5) is 0 Å². The third-order valence-electron chi connectivity index (χ3n) is 3.03. The van der Waals surface area contributed by atoms with E-state index in [9.17, 15) is 4.79 Å². The smallest absolute Gasteiger partial charge is 0.234 e. The highest BCUT2D eigenvalue weighted by molar-refractivity contribution is 5.78. The van der Waals surface area contributed by atoms with Crippen LogP contribution in [0.25, 0.3) is 0 Å². The van der Waals surface area contributed by atoms with Gasteiger partial charge in [0.05, 0.1) is 6.54 Å². The van der Waals surface area contributed by atoms with E-state index in [2.05, 4.69) is 31.0 Å². The molecule has 0 heterocycles. The standard InChI is InChI=1S/C13H29N3O/c1-5-6-8-16(9-7-14)10-13(17)15-12(4)11(2)3/h11-12H,5-10,14H2,1-4H3,(H,15,17). The van der Waals surface area contributed by atoms with Crippen LogP contribution in [-0.4, -0.2) is 43.0 Å². The van der Waals surface area contributed by atoms with Gasteiger partial charge in [-0.2, -0.15) is 0 Å². The molecular formula is C13H29N3O. The summed E-state index contributed by atoms with van der Waals surface area (Å²) in [4.78, 5) is 13.9. The van der Waals surface area contributed by atoms with Crippen molar-refractivity contribution < 1.29 is 4.79 Å². The Hall–Kier alpha value is -0.610. The first kappa shape index (κ1) is 16.4. The summed E-state index contributed by atoms with van der Waals surface area (Å²) in [6, 6.07) is 0.230. The Bertz CT molecular complexity index is 207. The Morgan fingerprint density at radius 1 is 1.29 bits per heavy atom. The second kappa shape index (κ2) is 9.42. The Labute approximate surface area is 106 Å². The fourth-order valence-corrected chi connectivity index (χ4v) is 1.50. The summed E-state index contributed by atoms with van der Waals surface area (Å²) in [6.45, 7) is 11.2. The van der Waals surface area contributed by atoms with E-state index in [1.165, 1.54) is 0 Å². The molecule has 3 N–H and O–H groups in total. The van der Waals surface area contributed by atoms with E-state index >= 15 is 0 Å². The Morgan fingerprint density at radius 2 is 1.94 bits per heavy atom. The van der Waals surface area contributed by atoms with Crippen molar-refractivity contribution in [2.24, 2.45) is 11.7 Å². The first-order valence-corrected chi connectivity index (χ1v) is 6.73. The summed E-state index contributed by atoms with van der Waals surface area (Å²) in [6.07, 6.45) is 2.26. The number of nitrogens with two attached hydrogens (primary N) is 1. The van der Waals surface area contributed by atoms with Gasteiger partial charge >= 0.3 is 0 Å². The molecule has 0 aromatic heterocycles. The zero-order chi connectivity index (χ0) is 13.3. The van der Waals surface area contributed by atoms with Crippen LogP contribution < -0.4 is 11.1 Å². The summed E-state index contributed by atoms with van der Waals surface area (Å²) in [7, 11) is 0. The SMILES string of the molecule is CCCCN(CCN)CC(=O)NC(C)C(C)C. The van der Waals surface area contributed by atoms with Crippen LogP contribution in [0.5, 0.6) is 0 Å². The van der Waals surface area contributed by atoms with Gasteiger partial charge in [-0.25, -0.2) is 0 Å². The lowest BCUT2D eigenvalue weighted by atomic mass is 10.1. The molecule has 0 aliphatic heterocycles. The molecule has 102 valence electrons. The van der Waals surface area contributed by atoms with Crippen LogP contribution >= 0.6 is 0 Å². The molecule has 0 fully saturated rings.